The Balaban J connectivity index is 2.26. The molecule has 0 amide bonds. The summed E-state index contributed by atoms with van der Waals surface area (Å²) in [6.07, 6.45) is -1.83. The maximum atomic E-state index is 11.9. The van der Waals surface area contributed by atoms with Crippen molar-refractivity contribution in [2.45, 2.75) is 38.7 Å². The molecule has 2 heterocycles. The van der Waals surface area contributed by atoms with Crippen LogP contribution in [0.25, 0.3) is 0 Å². The Morgan fingerprint density at radius 3 is 2.75 bits per heavy atom. The highest BCUT2D eigenvalue weighted by molar-refractivity contribution is 7.46. The lowest BCUT2D eigenvalue weighted by atomic mass is 10.2. The molecule has 0 spiro atoms. The fourth-order valence-corrected chi connectivity index (χ4v) is 2.88. The number of hydrogen-bond acceptors (Lipinski definition) is 7. The van der Waals surface area contributed by atoms with Crippen molar-refractivity contribution in [1.82, 2.24) is 9.55 Å². The minimum atomic E-state index is -4.81. The smallest absolute Gasteiger partial charge is 0.463 e. The topological polar surface area (TPSA) is 157 Å². The van der Waals surface area contributed by atoms with Crippen molar-refractivity contribution in [3.63, 3.8) is 0 Å². The number of H-pyrrole nitrogens is 1. The lowest BCUT2D eigenvalue weighted by Gasteiger charge is -2.18. The summed E-state index contributed by atoms with van der Waals surface area (Å²) < 4.78 is 27.1. The summed E-state index contributed by atoms with van der Waals surface area (Å²) in [5.74, 6) is -0.603. The van der Waals surface area contributed by atoms with Gasteiger partial charge in [-0.25, -0.2) is 9.36 Å². The quantitative estimate of drug-likeness (QED) is 0.448. The molecule has 1 aliphatic rings. The number of aromatic nitrogens is 2. The minimum absolute atomic E-state index is 0.0809. The fraction of sp³-hybridized carbons (Fsp3) is 0.583. The lowest BCUT2D eigenvalue weighted by Crippen LogP contribution is -2.33. The summed E-state index contributed by atoms with van der Waals surface area (Å²) in [7, 11) is -4.81. The van der Waals surface area contributed by atoms with Gasteiger partial charge in [-0.15, -0.1) is 0 Å². The number of nitrogens with one attached hydrogen (secondary N) is 1. The van der Waals surface area contributed by atoms with E-state index < -0.39 is 43.5 Å². The van der Waals surface area contributed by atoms with Crippen molar-refractivity contribution in [1.29, 1.82) is 0 Å². The molecule has 11 nitrogen and oxygen atoms in total. The number of phosphoric ester groups is 1. The number of ether oxygens (including phenoxy) is 2. The molecule has 12 heteroatoms. The van der Waals surface area contributed by atoms with Gasteiger partial charge in [-0.05, 0) is 6.92 Å². The van der Waals surface area contributed by atoms with Crippen molar-refractivity contribution < 1.29 is 33.1 Å². The first kappa shape index (κ1) is 18.6. The van der Waals surface area contributed by atoms with Gasteiger partial charge < -0.3 is 19.3 Å². The van der Waals surface area contributed by atoms with E-state index >= 15 is 0 Å². The van der Waals surface area contributed by atoms with Gasteiger partial charge in [0.25, 0.3) is 5.56 Å². The Kier molecular flexibility index (Phi) is 5.41. The molecule has 1 saturated heterocycles. The van der Waals surface area contributed by atoms with Crippen LogP contribution in [0.5, 0.6) is 0 Å². The highest BCUT2D eigenvalue weighted by Crippen LogP contribution is 2.43. The number of carbonyl (C=O) groups excluding carboxylic acids is 1. The zero-order valence-electron chi connectivity index (χ0n) is 12.9. The minimum Gasteiger partial charge on any atom is -0.463 e. The molecule has 3 N–H and O–H groups in total. The molecular weight excluding hydrogens is 347 g/mol. The third kappa shape index (κ3) is 4.62. The van der Waals surface area contributed by atoms with Gasteiger partial charge in [-0.3, -0.25) is 23.7 Å². The van der Waals surface area contributed by atoms with Crippen LogP contribution in [-0.2, 0) is 23.4 Å². The predicted octanol–water partition coefficient (Wildman–Crippen LogP) is -0.826. The van der Waals surface area contributed by atoms with E-state index in [2.05, 4.69) is 9.51 Å². The highest BCUT2D eigenvalue weighted by Gasteiger charge is 2.41. The summed E-state index contributed by atoms with van der Waals surface area (Å²) >= 11 is 0. The fourth-order valence-electron chi connectivity index (χ4n) is 2.31. The van der Waals surface area contributed by atoms with E-state index in [1.807, 2.05) is 0 Å². The second kappa shape index (κ2) is 6.99. The maximum Gasteiger partial charge on any atom is 0.469 e. The number of esters is 1. The summed E-state index contributed by atoms with van der Waals surface area (Å²) in [5, 5.41) is 0. The van der Waals surface area contributed by atoms with Gasteiger partial charge in [0, 0.05) is 25.1 Å². The molecular formula is C12H17N2O9P. The first-order valence-corrected chi connectivity index (χ1v) is 8.44. The van der Waals surface area contributed by atoms with Gasteiger partial charge >= 0.3 is 19.5 Å². The molecule has 1 aliphatic heterocycles. The molecule has 0 radical (unpaired) electrons. The van der Waals surface area contributed by atoms with E-state index in [0.717, 1.165) is 4.57 Å². The van der Waals surface area contributed by atoms with Crippen LogP contribution in [0, 0.1) is 6.92 Å². The second-order valence-electron chi connectivity index (χ2n) is 5.28. The standard InChI is InChI=1S/C12H17N2O9P/c1-6-4-14(12(17)13-11(6)16)10-3-8(23-24(18,19)20)9(22-10)5-21-7(2)15/h4,8-10H,3,5H2,1-2H3,(H,13,16,17)(H2,18,19,20)/t8-,9+,10+/m0/s1. The van der Waals surface area contributed by atoms with E-state index in [0.29, 0.717) is 0 Å². The first-order valence-electron chi connectivity index (χ1n) is 6.91. The van der Waals surface area contributed by atoms with E-state index in [1.165, 1.54) is 20.0 Å². The van der Waals surface area contributed by atoms with Crippen LogP contribution in [0.1, 0.15) is 25.1 Å². The molecule has 0 aliphatic carbocycles. The molecule has 0 bridgehead atoms. The van der Waals surface area contributed by atoms with Crippen LogP contribution >= 0.6 is 7.82 Å². The highest BCUT2D eigenvalue weighted by atomic mass is 31.2. The van der Waals surface area contributed by atoms with Crippen molar-refractivity contribution in [3.05, 3.63) is 32.6 Å². The second-order valence-corrected chi connectivity index (χ2v) is 6.47. The number of aryl methyl sites for hydroxylation is 1. The van der Waals surface area contributed by atoms with Crippen molar-refractivity contribution >= 4 is 13.8 Å². The lowest BCUT2D eigenvalue weighted by molar-refractivity contribution is -0.147. The number of aromatic amines is 1. The Hall–Kier alpha value is -1.78. The normalized spacial score (nSPS) is 24.1. The number of carbonyl (C=O) groups is 1. The molecule has 0 saturated carbocycles. The van der Waals surface area contributed by atoms with Gasteiger partial charge in [0.1, 0.15) is 25.0 Å². The third-order valence-electron chi connectivity index (χ3n) is 3.36. The van der Waals surface area contributed by atoms with Crippen molar-refractivity contribution in [2.24, 2.45) is 0 Å². The zero-order valence-corrected chi connectivity index (χ0v) is 13.8. The predicted molar refractivity (Wildman–Crippen MR) is 78.1 cm³/mol. The maximum absolute atomic E-state index is 11.9. The van der Waals surface area contributed by atoms with Gasteiger partial charge in [-0.1, -0.05) is 0 Å². The van der Waals surface area contributed by atoms with Gasteiger partial charge in [0.15, 0.2) is 0 Å². The summed E-state index contributed by atoms with van der Waals surface area (Å²) in [6, 6.07) is 0. The number of phosphoric acid groups is 1. The van der Waals surface area contributed by atoms with Gasteiger partial charge in [0.05, 0.1) is 0 Å². The van der Waals surface area contributed by atoms with E-state index in [9.17, 15) is 18.9 Å². The van der Waals surface area contributed by atoms with Crippen LogP contribution < -0.4 is 11.2 Å². The van der Waals surface area contributed by atoms with E-state index in [-0.39, 0.29) is 18.6 Å². The average molecular weight is 364 g/mol. The molecule has 3 atom stereocenters. The Morgan fingerprint density at radius 1 is 1.50 bits per heavy atom. The van der Waals surface area contributed by atoms with E-state index in [4.69, 9.17) is 19.3 Å². The number of nitrogens with zero attached hydrogens (tertiary/aromatic N) is 1. The monoisotopic (exact) mass is 364 g/mol. The van der Waals surface area contributed by atoms with Crippen LogP contribution in [0.4, 0.5) is 0 Å². The average Bonchev–Trinajstić information content (AvgIpc) is 2.81. The van der Waals surface area contributed by atoms with Gasteiger partial charge in [-0.2, -0.15) is 0 Å². The van der Waals surface area contributed by atoms with Crippen LogP contribution in [0.3, 0.4) is 0 Å². The van der Waals surface area contributed by atoms with Crippen LogP contribution in [0.15, 0.2) is 15.8 Å². The van der Waals surface area contributed by atoms with E-state index in [1.54, 1.807) is 0 Å². The molecule has 0 unspecified atom stereocenters. The third-order valence-corrected chi connectivity index (χ3v) is 3.91. The summed E-state index contributed by atoms with van der Waals surface area (Å²) in [4.78, 5) is 54.3. The molecule has 1 fully saturated rings. The van der Waals surface area contributed by atoms with Crippen molar-refractivity contribution in [3.8, 4) is 0 Å². The molecule has 1 aromatic heterocycles. The number of rotatable bonds is 5. The van der Waals surface area contributed by atoms with Crippen LogP contribution in [-0.4, -0.2) is 44.1 Å². The van der Waals surface area contributed by atoms with Crippen LogP contribution in [0.2, 0.25) is 0 Å². The zero-order chi connectivity index (χ0) is 18.1. The summed E-state index contributed by atoms with van der Waals surface area (Å²) in [6.45, 7) is 2.36. The Bertz CT molecular complexity index is 779. The number of hydrogen-bond donors (Lipinski definition) is 3. The Morgan fingerprint density at radius 2 is 2.17 bits per heavy atom. The summed E-state index contributed by atoms with van der Waals surface area (Å²) in [5.41, 5.74) is -1.03. The molecule has 2 rings (SSSR count). The molecule has 24 heavy (non-hydrogen) atoms. The molecule has 1 aromatic rings. The largest absolute Gasteiger partial charge is 0.469 e. The van der Waals surface area contributed by atoms with Crippen molar-refractivity contribution in [2.75, 3.05) is 6.61 Å². The molecule has 134 valence electrons. The first-order chi connectivity index (χ1) is 11.1. The Labute approximate surface area is 135 Å². The van der Waals surface area contributed by atoms with Gasteiger partial charge in [0.2, 0.25) is 0 Å². The molecule has 0 aromatic carbocycles. The SMILES string of the molecule is CC(=O)OC[C@H]1O[C@@H](n2cc(C)c(=O)[nH]c2=O)C[C@@H]1OP(=O)(O)O.